The van der Waals surface area contributed by atoms with Gasteiger partial charge in [-0.2, -0.15) is 0 Å². The molecule has 0 unspecified atom stereocenters. The molecule has 1 saturated heterocycles. The van der Waals surface area contributed by atoms with Crippen LogP contribution in [0.15, 0.2) is 105 Å². The van der Waals surface area contributed by atoms with Crippen molar-refractivity contribution >= 4 is 52.2 Å². The summed E-state index contributed by atoms with van der Waals surface area (Å²) in [5.74, 6) is -0.312. The number of carboxylic acid groups (broad SMARTS) is 1. The molecule has 2 N–H and O–H groups in total. The highest BCUT2D eigenvalue weighted by molar-refractivity contribution is 8.19. The van der Waals surface area contributed by atoms with E-state index in [0.717, 1.165) is 17.3 Å². The van der Waals surface area contributed by atoms with Crippen molar-refractivity contribution in [2.24, 2.45) is 4.99 Å². The van der Waals surface area contributed by atoms with Gasteiger partial charge in [-0.05, 0) is 65.9 Å². The van der Waals surface area contributed by atoms with Crippen LogP contribution in [0.4, 0.5) is 5.69 Å². The maximum Gasteiger partial charge on any atom is 0.328 e. The van der Waals surface area contributed by atoms with Crippen LogP contribution in [0.25, 0.3) is 17.4 Å². The Kier molecular flexibility index (Phi) is 7.35. The van der Waals surface area contributed by atoms with E-state index in [0.29, 0.717) is 32.7 Å². The Morgan fingerprint density at radius 3 is 2.50 bits per heavy atom. The number of carboxylic acids is 1. The van der Waals surface area contributed by atoms with Crippen LogP contribution in [0.3, 0.4) is 0 Å². The largest absolute Gasteiger partial charge is 0.508 e. The number of amides is 1. The number of hydrogen-bond acceptors (Lipinski definition) is 6. The monoisotopic (exact) mass is 544 g/mol. The van der Waals surface area contributed by atoms with E-state index >= 15 is 0 Å². The van der Waals surface area contributed by atoms with E-state index in [1.54, 1.807) is 66.7 Å². The molecule has 3 aromatic carbocycles. The number of carbonyl (C=O) groups is 2. The van der Waals surface area contributed by atoms with E-state index in [-0.39, 0.29) is 23.2 Å². The zero-order valence-electron chi connectivity index (χ0n) is 19.8. The van der Waals surface area contributed by atoms with Crippen molar-refractivity contribution in [1.82, 2.24) is 0 Å². The van der Waals surface area contributed by atoms with Crippen molar-refractivity contribution < 1.29 is 24.2 Å². The third-order valence-corrected chi connectivity index (χ3v) is 6.96. The van der Waals surface area contributed by atoms with Gasteiger partial charge in [-0.15, -0.1) is 0 Å². The number of nitrogens with zero attached hydrogens (tertiary/aromatic N) is 2. The summed E-state index contributed by atoms with van der Waals surface area (Å²) < 4.78 is 5.95. The number of aromatic hydroxyl groups is 1. The molecule has 0 radical (unpaired) electrons. The Balaban J connectivity index is 1.48. The van der Waals surface area contributed by atoms with Crippen molar-refractivity contribution in [3.8, 4) is 17.1 Å². The molecule has 0 saturated carbocycles. The maximum absolute atomic E-state index is 13.5. The van der Waals surface area contributed by atoms with Crippen LogP contribution in [0.5, 0.6) is 5.75 Å². The van der Waals surface area contributed by atoms with Crippen LogP contribution < -0.4 is 4.90 Å². The van der Waals surface area contributed by atoms with E-state index in [1.165, 1.54) is 17.0 Å². The lowest BCUT2D eigenvalue weighted by Crippen LogP contribution is -2.31. The Morgan fingerprint density at radius 2 is 1.79 bits per heavy atom. The first-order valence-electron chi connectivity index (χ1n) is 11.6. The van der Waals surface area contributed by atoms with Gasteiger partial charge >= 0.3 is 5.97 Å². The third-order valence-electron chi connectivity index (χ3n) is 5.75. The van der Waals surface area contributed by atoms with E-state index in [2.05, 4.69) is 4.99 Å². The lowest BCUT2D eigenvalue weighted by Gasteiger charge is -2.17. The lowest BCUT2D eigenvalue weighted by molar-refractivity contribution is -0.138. The standard InChI is InChI=1S/C29H21ClN2O5S/c30-20-6-4-5-19(16-20)25-14-13-23(37-25)17-26-27(34)32(21-7-2-1-3-8-21)29(38-26)31-24(28(35)36)15-18-9-11-22(33)12-10-18/h1-14,16-17,24,33H,15H2,(H,35,36)/b26-17-,31-29?/t24-/m1/s1. The summed E-state index contributed by atoms with van der Waals surface area (Å²) in [7, 11) is 0. The van der Waals surface area contributed by atoms with Crippen LogP contribution in [0.2, 0.25) is 5.02 Å². The van der Waals surface area contributed by atoms with Crippen LogP contribution in [0.1, 0.15) is 11.3 Å². The normalized spacial score (nSPS) is 16.3. The molecule has 0 aliphatic carbocycles. The summed E-state index contributed by atoms with van der Waals surface area (Å²) >= 11 is 7.18. The van der Waals surface area contributed by atoms with Crippen molar-refractivity contribution in [3.05, 3.63) is 112 Å². The molecule has 5 rings (SSSR count). The molecule has 0 spiro atoms. The summed E-state index contributed by atoms with van der Waals surface area (Å²) in [6, 6.07) is 24.9. The van der Waals surface area contributed by atoms with Crippen LogP contribution >= 0.6 is 23.4 Å². The van der Waals surface area contributed by atoms with Crippen molar-refractivity contribution in [2.75, 3.05) is 4.90 Å². The fourth-order valence-electron chi connectivity index (χ4n) is 3.90. The first kappa shape index (κ1) is 25.4. The average molecular weight is 545 g/mol. The SMILES string of the molecule is O=C(O)[C@@H](Cc1ccc(O)cc1)N=C1S/C(=C\c2ccc(-c3cccc(Cl)c3)o2)C(=O)N1c1ccccc1. The minimum atomic E-state index is -1.14. The van der Waals surface area contributed by atoms with E-state index in [9.17, 15) is 19.8 Å². The number of furan rings is 1. The van der Waals surface area contributed by atoms with E-state index in [4.69, 9.17) is 16.0 Å². The first-order valence-corrected chi connectivity index (χ1v) is 12.8. The molecule has 1 amide bonds. The summed E-state index contributed by atoms with van der Waals surface area (Å²) in [5, 5.41) is 20.3. The number of hydrogen-bond donors (Lipinski definition) is 2. The van der Waals surface area contributed by atoms with Crippen LogP contribution in [-0.4, -0.2) is 33.3 Å². The number of benzene rings is 3. The smallest absolute Gasteiger partial charge is 0.328 e. The number of rotatable bonds is 7. The molecule has 38 heavy (non-hydrogen) atoms. The van der Waals surface area contributed by atoms with Crippen molar-refractivity contribution in [1.29, 1.82) is 0 Å². The molecule has 1 aliphatic rings. The summed E-state index contributed by atoms with van der Waals surface area (Å²) in [5.41, 5.74) is 2.07. The summed E-state index contributed by atoms with van der Waals surface area (Å²) in [4.78, 5) is 31.9. The molecule has 1 aliphatic heterocycles. The summed E-state index contributed by atoms with van der Waals surface area (Å²) in [6.45, 7) is 0. The second kappa shape index (κ2) is 11.0. The number of amidine groups is 1. The highest BCUT2D eigenvalue weighted by Gasteiger charge is 2.36. The predicted molar refractivity (Wildman–Crippen MR) is 149 cm³/mol. The second-order valence-electron chi connectivity index (χ2n) is 8.44. The number of aliphatic imine (C=N–C) groups is 1. The number of phenols is 1. The number of phenolic OH excluding ortho intramolecular Hbond substituents is 1. The number of carbonyl (C=O) groups excluding carboxylic acids is 1. The topological polar surface area (TPSA) is 103 Å². The van der Waals surface area contributed by atoms with Gasteiger partial charge in [0.2, 0.25) is 0 Å². The first-order chi connectivity index (χ1) is 18.4. The summed E-state index contributed by atoms with van der Waals surface area (Å²) in [6.07, 6.45) is 1.71. The zero-order chi connectivity index (χ0) is 26.6. The molecule has 1 aromatic heterocycles. The Labute approximate surface area is 227 Å². The number of anilines is 1. The second-order valence-corrected chi connectivity index (χ2v) is 9.88. The Bertz CT molecular complexity index is 1550. The highest BCUT2D eigenvalue weighted by atomic mass is 35.5. The van der Waals surface area contributed by atoms with Gasteiger partial charge in [0.15, 0.2) is 11.2 Å². The maximum atomic E-state index is 13.5. The number of aliphatic carboxylic acids is 1. The van der Waals surface area contributed by atoms with Crippen LogP contribution in [0, 0.1) is 0 Å². The minimum absolute atomic E-state index is 0.0883. The minimum Gasteiger partial charge on any atom is -0.508 e. The zero-order valence-corrected chi connectivity index (χ0v) is 21.4. The van der Waals surface area contributed by atoms with Gasteiger partial charge < -0.3 is 14.6 Å². The molecule has 1 fully saturated rings. The molecule has 190 valence electrons. The van der Waals surface area contributed by atoms with Gasteiger partial charge in [-0.3, -0.25) is 9.69 Å². The van der Waals surface area contributed by atoms with Gasteiger partial charge in [0.05, 0.1) is 10.6 Å². The molecular formula is C29H21ClN2O5S. The van der Waals surface area contributed by atoms with Crippen molar-refractivity contribution in [2.45, 2.75) is 12.5 Å². The highest BCUT2D eigenvalue weighted by Crippen LogP contribution is 2.37. The molecule has 1 atom stereocenters. The van der Waals surface area contributed by atoms with Gasteiger partial charge in [-0.1, -0.05) is 54.1 Å². The third kappa shape index (κ3) is 5.66. The molecule has 9 heteroatoms. The molecule has 0 bridgehead atoms. The van der Waals surface area contributed by atoms with Gasteiger partial charge in [-0.25, -0.2) is 9.79 Å². The fraction of sp³-hybridized carbons (Fsp3) is 0.0690. The molecular weight excluding hydrogens is 524 g/mol. The Morgan fingerprint density at radius 1 is 1.03 bits per heavy atom. The number of para-hydroxylation sites is 1. The fourth-order valence-corrected chi connectivity index (χ4v) is 5.10. The van der Waals surface area contributed by atoms with Crippen molar-refractivity contribution in [3.63, 3.8) is 0 Å². The quantitative estimate of drug-likeness (QED) is 0.258. The van der Waals surface area contributed by atoms with Gasteiger partial charge in [0.25, 0.3) is 5.91 Å². The number of thioether (sulfide) groups is 1. The predicted octanol–water partition coefficient (Wildman–Crippen LogP) is 6.48. The molecule has 7 nitrogen and oxygen atoms in total. The lowest BCUT2D eigenvalue weighted by atomic mass is 10.1. The average Bonchev–Trinajstić information content (AvgIpc) is 3.50. The number of halogens is 1. The molecule has 2 heterocycles. The van der Waals surface area contributed by atoms with E-state index in [1.807, 2.05) is 18.2 Å². The van der Waals surface area contributed by atoms with Crippen LogP contribution in [-0.2, 0) is 16.0 Å². The van der Waals surface area contributed by atoms with Gasteiger partial charge in [0.1, 0.15) is 17.3 Å². The van der Waals surface area contributed by atoms with E-state index < -0.39 is 12.0 Å². The molecule has 4 aromatic rings. The van der Waals surface area contributed by atoms with Gasteiger partial charge in [0, 0.05) is 23.1 Å². The Hall–Kier alpha value is -4.27.